The number of hydrogen-bond acceptors (Lipinski definition) is 3. The summed E-state index contributed by atoms with van der Waals surface area (Å²) in [5, 5.41) is 9.23. The molecule has 0 spiro atoms. The average molecular weight is 271 g/mol. The van der Waals surface area contributed by atoms with Crippen molar-refractivity contribution in [2.75, 3.05) is 13.2 Å². The van der Waals surface area contributed by atoms with Crippen LogP contribution in [0.1, 0.15) is 28.8 Å². The molecule has 1 aromatic rings. The monoisotopic (exact) mass is 270 g/mol. The molecule has 0 amide bonds. The first-order valence-electron chi connectivity index (χ1n) is 5.88. The molecule has 18 heavy (non-hydrogen) atoms. The number of rotatable bonds is 5. The van der Waals surface area contributed by atoms with E-state index in [1.807, 2.05) is 0 Å². The fourth-order valence-electron chi connectivity index (χ4n) is 1.87. The lowest BCUT2D eigenvalue weighted by Crippen LogP contribution is -2.14. The van der Waals surface area contributed by atoms with Gasteiger partial charge in [0.05, 0.1) is 24.9 Å². The number of benzene rings is 1. The Hall–Kier alpha value is -1.10. The molecule has 1 unspecified atom stereocenters. The molecule has 4 nitrogen and oxygen atoms in total. The van der Waals surface area contributed by atoms with Gasteiger partial charge in [-0.1, -0.05) is 17.7 Å². The molecule has 1 aliphatic heterocycles. The van der Waals surface area contributed by atoms with Crippen molar-refractivity contribution < 1.29 is 19.4 Å². The normalized spacial score (nSPS) is 19.1. The van der Waals surface area contributed by atoms with Gasteiger partial charge < -0.3 is 14.6 Å². The first-order chi connectivity index (χ1) is 8.66. The number of halogens is 1. The van der Waals surface area contributed by atoms with Crippen molar-refractivity contribution in [3.8, 4) is 0 Å². The molecule has 0 aliphatic carbocycles. The summed E-state index contributed by atoms with van der Waals surface area (Å²) in [5.41, 5.74) is 0.975. The lowest BCUT2D eigenvalue weighted by Gasteiger charge is -2.11. The third kappa shape index (κ3) is 3.45. The third-order valence-electron chi connectivity index (χ3n) is 2.89. The Morgan fingerprint density at radius 2 is 2.39 bits per heavy atom. The van der Waals surface area contributed by atoms with Crippen molar-refractivity contribution in [1.82, 2.24) is 0 Å². The minimum Gasteiger partial charge on any atom is -0.478 e. The van der Waals surface area contributed by atoms with Crippen molar-refractivity contribution in [3.63, 3.8) is 0 Å². The Morgan fingerprint density at radius 3 is 3.00 bits per heavy atom. The lowest BCUT2D eigenvalue weighted by molar-refractivity contribution is 0.0106. The van der Waals surface area contributed by atoms with E-state index < -0.39 is 5.97 Å². The highest BCUT2D eigenvalue weighted by molar-refractivity contribution is 6.31. The molecule has 1 aromatic carbocycles. The van der Waals surface area contributed by atoms with E-state index in [2.05, 4.69) is 0 Å². The zero-order valence-corrected chi connectivity index (χ0v) is 10.7. The number of ether oxygens (including phenoxy) is 2. The lowest BCUT2D eigenvalue weighted by atomic mass is 10.1. The maximum Gasteiger partial charge on any atom is 0.335 e. The van der Waals surface area contributed by atoms with Gasteiger partial charge in [-0.2, -0.15) is 0 Å². The van der Waals surface area contributed by atoms with Crippen LogP contribution in [0.15, 0.2) is 18.2 Å². The number of carboxylic acids is 1. The summed E-state index contributed by atoms with van der Waals surface area (Å²) in [6, 6.07) is 4.65. The van der Waals surface area contributed by atoms with Gasteiger partial charge in [-0.05, 0) is 30.5 Å². The van der Waals surface area contributed by atoms with Gasteiger partial charge in [-0.15, -0.1) is 0 Å². The molecule has 1 fully saturated rings. The SMILES string of the molecule is O=C(O)c1ccc(COCC2CCCO2)c(Cl)c1. The molecule has 1 atom stereocenters. The second-order valence-electron chi connectivity index (χ2n) is 4.26. The maximum atomic E-state index is 10.7. The van der Waals surface area contributed by atoms with E-state index in [9.17, 15) is 4.79 Å². The summed E-state index contributed by atoms with van der Waals surface area (Å²) in [6.07, 6.45) is 2.30. The molecule has 0 aromatic heterocycles. The van der Waals surface area contributed by atoms with Gasteiger partial charge in [0.25, 0.3) is 0 Å². The molecule has 1 aliphatic rings. The molecule has 0 saturated carbocycles. The van der Waals surface area contributed by atoms with Crippen molar-refractivity contribution in [1.29, 1.82) is 0 Å². The van der Waals surface area contributed by atoms with E-state index in [-0.39, 0.29) is 11.7 Å². The Kier molecular flexibility index (Phi) is 4.58. The van der Waals surface area contributed by atoms with Gasteiger partial charge in [-0.3, -0.25) is 0 Å². The minimum absolute atomic E-state index is 0.182. The summed E-state index contributed by atoms with van der Waals surface area (Å²) < 4.78 is 11.0. The summed E-state index contributed by atoms with van der Waals surface area (Å²) in [6.45, 7) is 1.73. The quantitative estimate of drug-likeness (QED) is 0.894. The Labute approximate surface area is 110 Å². The summed E-state index contributed by atoms with van der Waals surface area (Å²) in [5.74, 6) is -0.983. The van der Waals surface area contributed by atoms with Gasteiger partial charge in [0.1, 0.15) is 0 Å². The summed E-state index contributed by atoms with van der Waals surface area (Å²) in [4.78, 5) is 10.7. The standard InChI is InChI=1S/C13H15ClO4/c14-12-6-9(13(15)16)3-4-10(12)7-17-8-11-2-1-5-18-11/h3-4,6,11H,1-2,5,7-8H2,(H,15,16). The van der Waals surface area contributed by atoms with E-state index in [1.165, 1.54) is 12.1 Å². The van der Waals surface area contributed by atoms with Crippen molar-refractivity contribution in [3.05, 3.63) is 34.3 Å². The van der Waals surface area contributed by atoms with Gasteiger partial charge >= 0.3 is 5.97 Å². The van der Waals surface area contributed by atoms with E-state index in [0.29, 0.717) is 18.2 Å². The zero-order valence-electron chi connectivity index (χ0n) is 9.89. The topological polar surface area (TPSA) is 55.8 Å². The van der Waals surface area contributed by atoms with Crippen LogP contribution in [0, 0.1) is 0 Å². The predicted octanol–water partition coefficient (Wildman–Crippen LogP) is 2.73. The fraction of sp³-hybridized carbons (Fsp3) is 0.462. The van der Waals surface area contributed by atoms with Crippen LogP contribution < -0.4 is 0 Å². The first-order valence-corrected chi connectivity index (χ1v) is 6.25. The maximum absolute atomic E-state index is 10.7. The second-order valence-corrected chi connectivity index (χ2v) is 4.67. The molecule has 1 N–H and O–H groups in total. The Morgan fingerprint density at radius 1 is 1.56 bits per heavy atom. The highest BCUT2D eigenvalue weighted by Gasteiger charge is 2.15. The summed E-state index contributed by atoms with van der Waals surface area (Å²) in [7, 11) is 0. The highest BCUT2D eigenvalue weighted by atomic mass is 35.5. The van der Waals surface area contributed by atoms with Gasteiger partial charge in [0.15, 0.2) is 0 Å². The van der Waals surface area contributed by atoms with Crippen molar-refractivity contribution in [2.45, 2.75) is 25.6 Å². The smallest absolute Gasteiger partial charge is 0.335 e. The highest BCUT2D eigenvalue weighted by Crippen LogP contribution is 2.20. The Balaban J connectivity index is 1.87. The fourth-order valence-corrected chi connectivity index (χ4v) is 2.11. The molecule has 1 saturated heterocycles. The molecular formula is C13H15ClO4. The molecule has 0 bridgehead atoms. The molecule has 0 radical (unpaired) electrons. The molecular weight excluding hydrogens is 256 g/mol. The first kappa shape index (κ1) is 13.3. The van der Waals surface area contributed by atoms with Crippen molar-refractivity contribution in [2.24, 2.45) is 0 Å². The van der Waals surface area contributed by atoms with Gasteiger partial charge in [0, 0.05) is 11.6 Å². The Bertz CT molecular complexity index is 427. The van der Waals surface area contributed by atoms with Crippen LogP contribution in [0.4, 0.5) is 0 Å². The molecule has 1 heterocycles. The number of carbonyl (C=O) groups is 1. The number of aromatic carboxylic acids is 1. The zero-order chi connectivity index (χ0) is 13.0. The van der Waals surface area contributed by atoms with Crippen LogP contribution in [0.2, 0.25) is 5.02 Å². The average Bonchev–Trinajstić information content (AvgIpc) is 2.84. The molecule has 5 heteroatoms. The molecule has 98 valence electrons. The predicted molar refractivity (Wildman–Crippen MR) is 67.0 cm³/mol. The van der Waals surface area contributed by atoms with E-state index in [1.54, 1.807) is 6.07 Å². The van der Waals surface area contributed by atoms with Gasteiger partial charge in [0.2, 0.25) is 0 Å². The second kappa shape index (κ2) is 6.18. The van der Waals surface area contributed by atoms with Crippen LogP contribution >= 0.6 is 11.6 Å². The van der Waals surface area contributed by atoms with Gasteiger partial charge in [-0.25, -0.2) is 4.79 Å². The van der Waals surface area contributed by atoms with E-state index >= 15 is 0 Å². The number of carboxylic acid groups (broad SMARTS) is 1. The largest absolute Gasteiger partial charge is 0.478 e. The number of hydrogen-bond donors (Lipinski definition) is 1. The molecule has 2 rings (SSSR count). The van der Waals surface area contributed by atoms with Crippen LogP contribution in [-0.4, -0.2) is 30.4 Å². The van der Waals surface area contributed by atoms with Crippen LogP contribution in [0.3, 0.4) is 0 Å². The van der Waals surface area contributed by atoms with E-state index in [0.717, 1.165) is 25.0 Å². The third-order valence-corrected chi connectivity index (χ3v) is 3.24. The summed E-state index contributed by atoms with van der Waals surface area (Å²) >= 11 is 5.99. The van der Waals surface area contributed by atoms with Crippen LogP contribution in [0.25, 0.3) is 0 Å². The van der Waals surface area contributed by atoms with Crippen LogP contribution in [-0.2, 0) is 16.1 Å². The minimum atomic E-state index is -0.983. The van der Waals surface area contributed by atoms with E-state index in [4.69, 9.17) is 26.2 Å². The van der Waals surface area contributed by atoms with Crippen molar-refractivity contribution >= 4 is 17.6 Å². The van der Waals surface area contributed by atoms with Crippen LogP contribution in [0.5, 0.6) is 0 Å².